The first-order valence-corrected chi connectivity index (χ1v) is 5.39. The third-order valence-electron chi connectivity index (χ3n) is 3.22. The molecule has 0 aliphatic heterocycles. The Hall–Kier alpha value is -1.56. The number of hydrogen-bond donors (Lipinski definition) is 0. The molecule has 0 saturated carbocycles. The molecule has 0 unspecified atom stereocenters. The van der Waals surface area contributed by atoms with Gasteiger partial charge in [0.15, 0.2) is 0 Å². The summed E-state index contributed by atoms with van der Waals surface area (Å²) in [7, 11) is 0. The van der Waals surface area contributed by atoms with Crippen molar-refractivity contribution < 1.29 is 0 Å². The predicted molar refractivity (Wildman–Crippen MR) is 63.7 cm³/mol. The van der Waals surface area contributed by atoms with E-state index in [4.69, 9.17) is 0 Å². The molecule has 73 valence electrons. The van der Waals surface area contributed by atoms with Crippen LogP contribution in [0.4, 0.5) is 0 Å². The molecule has 15 heavy (non-hydrogen) atoms. The summed E-state index contributed by atoms with van der Waals surface area (Å²) in [5, 5.41) is 0. The molecule has 3 rings (SSSR count). The average Bonchev–Trinajstić information content (AvgIpc) is 2.63. The standard InChI is InChI=1S/C15H13/c1-2-11-12-7-3-5-9-14(12)15-10-6-4-8-13(11)15/h2-11H,1H3. The van der Waals surface area contributed by atoms with E-state index in [1.165, 1.54) is 22.3 Å². The number of fused-ring (bicyclic) bond motifs is 3. The number of benzene rings is 2. The minimum atomic E-state index is 0.484. The molecule has 1 aliphatic carbocycles. The molecule has 2 aromatic rings. The SMILES string of the molecule is C[CH]C1c2ccccc2-c2ccccc21. The van der Waals surface area contributed by atoms with Crippen molar-refractivity contribution in [2.45, 2.75) is 12.8 Å². The summed E-state index contributed by atoms with van der Waals surface area (Å²) in [5.74, 6) is 0.484. The first-order valence-electron chi connectivity index (χ1n) is 5.39. The van der Waals surface area contributed by atoms with Crippen molar-refractivity contribution >= 4 is 0 Å². The van der Waals surface area contributed by atoms with E-state index < -0.39 is 0 Å². The van der Waals surface area contributed by atoms with Gasteiger partial charge in [-0.05, 0) is 28.7 Å². The fourth-order valence-electron chi connectivity index (χ4n) is 2.55. The molecule has 0 saturated heterocycles. The van der Waals surface area contributed by atoms with Gasteiger partial charge < -0.3 is 0 Å². The van der Waals surface area contributed by atoms with Crippen LogP contribution in [0.3, 0.4) is 0 Å². The topological polar surface area (TPSA) is 0 Å². The Morgan fingerprint density at radius 3 is 1.73 bits per heavy atom. The van der Waals surface area contributed by atoms with Gasteiger partial charge in [0.2, 0.25) is 0 Å². The van der Waals surface area contributed by atoms with Crippen LogP contribution in [0.2, 0.25) is 0 Å². The summed E-state index contributed by atoms with van der Waals surface area (Å²) in [6, 6.07) is 17.4. The molecule has 0 aromatic heterocycles. The molecule has 0 amide bonds. The van der Waals surface area contributed by atoms with Gasteiger partial charge >= 0.3 is 0 Å². The number of hydrogen-bond acceptors (Lipinski definition) is 0. The van der Waals surface area contributed by atoms with Crippen LogP contribution in [0, 0.1) is 6.42 Å². The second-order valence-corrected chi connectivity index (χ2v) is 3.99. The van der Waals surface area contributed by atoms with Crippen molar-refractivity contribution in [2.75, 3.05) is 0 Å². The maximum atomic E-state index is 2.28. The Morgan fingerprint density at radius 2 is 1.27 bits per heavy atom. The maximum Gasteiger partial charge on any atom is 0.0130 e. The van der Waals surface area contributed by atoms with Gasteiger partial charge in [0, 0.05) is 5.92 Å². The highest BCUT2D eigenvalue weighted by molar-refractivity contribution is 5.79. The zero-order valence-corrected chi connectivity index (χ0v) is 8.77. The second kappa shape index (κ2) is 3.23. The van der Waals surface area contributed by atoms with Crippen LogP contribution in [-0.4, -0.2) is 0 Å². The van der Waals surface area contributed by atoms with E-state index in [9.17, 15) is 0 Å². The highest BCUT2D eigenvalue weighted by atomic mass is 14.3. The van der Waals surface area contributed by atoms with Crippen LogP contribution in [0.1, 0.15) is 24.0 Å². The molecule has 0 heterocycles. The van der Waals surface area contributed by atoms with Crippen LogP contribution in [0.25, 0.3) is 11.1 Å². The summed E-state index contributed by atoms with van der Waals surface area (Å²) in [5.41, 5.74) is 5.69. The molecule has 1 aliphatic rings. The Balaban J connectivity index is 2.31. The molecule has 1 radical (unpaired) electrons. The summed E-state index contributed by atoms with van der Waals surface area (Å²) in [4.78, 5) is 0. The van der Waals surface area contributed by atoms with E-state index in [1.54, 1.807) is 0 Å². The molecule has 0 bridgehead atoms. The summed E-state index contributed by atoms with van der Waals surface area (Å²) in [6.07, 6.45) is 2.28. The lowest BCUT2D eigenvalue weighted by Gasteiger charge is -2.09. The zero-order valence-electron chi connectivity index (χ0n) is 8.77. The minimum absolute atomic E-state index is 0.484. The monoisotopic (exact) mass is 193 g/mol. The predicted octanol–water partition coefficient (Wildman–Crippen LogP) is 4.02. The van der Waals surface area contributed by atoms with Gasteiger partial charge in [0.05, 0.1) is 0 Å². The van der Waals surface area contributed by atoms with Gasteiger partial charge in [-0.15, -0.1) is 0 Å². The molecule has 0 spiro atoms. The lowest BCUT2D eigenvalue weighted by atomic mass is 9.95. The minimum Gasteiger partial charge on any atom is -0.0619 e. The normalized spacial score (nSPS) is 13.7. The first-order chi connectivity index (χ1) is 7.42. The third kappa shape index (κ3) is 1.14. The fraction of sp³-hybridized carbons (Fsp3) is 0.133. The van der Waals surface area contributed by atoms with Gasteiger partial charge in [0.25, 0.3) is 0 Å². The first kappa shape index (κ1) is 8.72. The van der Waals surface area contributed by atoms with Gasteiger partial charge in [-0.3, -0.25) is 0 Å². The molecule has 0 fully saturated rings. The maximum absolute atomic E-state index is 2.28. The second-order valence-electron chi connectivity index (χ2n) is 3.99. The smallest absolute Gasteiger partial charge is 0.0130 e. The Morgan fingerprint density at radius 1 is 0.800 bits per heavy atom. The summed E-state index contributed by atoms with van der Waals surface area (Å²) >= 11 is 0. The summed E-state index contributed by atoms with van der Waals surface area (Å²) in [6.45, 7) is 2.14. The van der Waals surface area contributed by atoms with Crippen molar-refractivity contribution in [2.24, 2.45) is 0 Å². The van der Waals surface area contributed by atoms with Crippen LogP contribution >= 0.6 is 0 Å². The Kier molecular flexibility index (Phi) is 1.88. The Bertz CT molecular complexity index is 451. The summed E-state index contributed by atoms with van der Waals surface area (Å²) < 4.78 is 0. The molecular weight excluding hydrogens is 180 g/mol. The lowest BCUT2D eigenvalue weighted by Crippen LogP contribution is -1.93. The van der Waals surface area contributed by atoms with E-state index in [1.807, 2.05) is 0 Å². The van der Waals surface area contributed by atoms with Crippen LogP contribution in [0.5, 0.6) is 0 Å². The lowest BCUT2D eigenvalue weighted by molar-refractivity contribution is 0.974. The third-order valence-corrected chi connectivity index (χ3v) is 3.22. The quantitative estimate of drug-likeness (QED) is 0.641. The molecule has 0 heteroatoms. The van der Waals surface area contributed by atoms with Gasteiger partial charge in [-0.1, -0.05) is 55.5 Å². The van der Waals surface area contributed by atoms with Crippen molar-refractivity contribution in [1.82, 2.24) is 0 Å². The van der Waals surface area contributed by atoms with Crippen molar-refractivity contribution in [3.05, 3.63) is 66.1 Å². The van der Waals surface area contributed by atoms with E-state index in [-0.39, 0.29) is 0 Å². The van der Waals surface area contributed by atoms with Gasteiger partial charge in [-0.25, -0.2) is 0 Å². The van der Waals surface area contributed by atoms with E-state index in [2.05, 4.69) is 61.9 Å². The van der Waals surface area contributed by atoms with Crippen molar-refractivity contribution in [1.29, 1.82) is 0 Å². The molecule has 0 atom stereocenters. The van der Waals surface area contributed by atoms with Crippen LogP contribution in [-0.2, 0) is 0 Å². The largest absolute Gasteiger partial charge is 0.0619 e. The number of rotatable bonds is 1. The van der Waals surface area contributed by atoms with Crippen molar-refractivity contribution in [3.63, 3.8) is 0 Å². The molecule has 0 N–H and O–H groups in total. The van der Waals surface area contributed by atoms with Gasteiger partial charge in [0.1, 0.15) is 0 Å². The van der Waals surface area contributed by atoms with Crippen molar-refractivity contribution in [3.8, 4) is 11.1 Å². The van der Waals surface area contributed by atoms with Crippen LogP contribution in [0.15, 0.2) is 48.5 Å². The highest BCUT2D eigenvalue weighted by Crippen LogP contribution is 2.45. The average molecular weight is 193 g/mol. The molecule has 0 nitrogen and oxygen atoms in total. The molecule has 2 aromatic carbocycles. The van der Waals surface area contributed by atoms with E-state index in [0.29, 0.717) is 5.92 Å². The fourth-order valence-corrected chi connectivity index (χ4v) is 2.55. The van der Waals surface area contributed by atoms with E-state index >= 15 is 0 Å². The van der Waals surface area contributed by atoms with Gasteiger partial charge in [-0.2, -0.15) is 0 Å². The van der Waals surface area contributed by atoms with Crippen LogP contribution < -0.4 is 0 Å². The zero-order chi connectivity index (χ0) is 10.3. The molecular formula is C15H13. The Labute approximate surface area is 90.6 Å². The highest BCUT2D eigenvalue weighted by Gasteiger charge is 2.26. The van der Waals surface area contributed by atoms with E-state index in [0.717, 1.165) is 0 Å².